The molecule has 2 aliphatic rings. The van der Waals surface area contributed by atoms with Gasteiger partial charge < -0.3 is 39.3 Å². The first-order valence-corrected chi connectivity index (χ1v) is 20.1. The Kier molecular flexibility index (Phi) is 22.3. The van der Waals surface area contributed by atoms with Gasteiger partial charge in [-0.2, -0.15) is 0 Å². The summed E-state index contributed by atoms with van der Waals surface area (Å²) in [5, 5.41) is 29.2. The number of hydrogen-bond acceptors (Lipinski definition) is 9. The minimum absolute atomic E-state index is 0.0267. The van der Waals surface area contributed by atoms with Gasteiger partial charge in [0.2, 0.25) is 11.8 Å². The van der Waals surface area contributed by atoms with Gasteiger partial charge in [-0.05, 0) is 101 Å². The molecule has 0 spiro atoms. The van der Waals surface area contributed by atoms with Crippen molar-refractivity contribution in [1.82, 2.24) is 9.80 Å². The fraction of sp³-hybridized carbons (Fsp3) is 0.628. The highest BCUT2D eigenvalue weighted by Crippen LogP contribution is 2.25. The number of methoxy groups -OCH3 is 1. The minimum atomic E-state index is -0.963. The van der Waals surface area contributed by atoms with Crippen molar-refractivity contribution in [3.63, 3.8) is 0 Å². The van der Waals surface area contributed by atoms with Gasteiger partial charge in [0.15, 0.2) is 0 Å². The van der Waals surface area contributed by atoms with Crippen molar-refractivity contribution in [2.75, 3.05) is 46.6 Å². The average Bonchev–Trinajstić information content (AvgIpc) is 3.18. The molecule has 0 aliphatic carbocycles. The normalized spacial score (nSPS) is 18.3. The van der Waals surface area contributed by atoms with Gasteiger partial charge in [-0.25, -0.2) is 9.59 Å². The molecule has 2 aromatic carbocycles. The molecule has 2 fully saturated rings. The summed E-state index contributed by atoms with van der Waals surface area (Å²) >= 11 is 0. The number of aliphatic carboxylic acids is 1. The second kappa shape index (κ2) is 26.9. The summed E-state index contributed by atoms with van der Waals surface area (Å²) in [6, 6.07) is 20.4. The number of carboxylic acid groups (broad SMARTS) is 1. The Hall–Kier alpha value is -3.84. The first-order chi connectivity index (χ1) is 26.7. The molecular formula is C43H64N2O10. The molecule has 2 heterocycles. The van der Waals surface area contributed by atoms with Gasteiger partial charge in [-0.1, -0.05) is 60.7 Å². The molecule has 3 N–H and O–H groups in total. The van der Waals surface area contributed by atoms with E-state index in [0.717, 1.165) is 75.3 Å². The number of rotatable bonds is 24. The predicted molar refractivity (Wildman–Crippen MR) is 209 cm³/mol. The molecule has 55 heavy (non-hydrogen) atoms. The lowest BCUT2D eigenvalue weighted by molar-refractivity contribution is -0.146. The van der Waals surface area contributed by atoms with Crippen LogP contribution < -0.4 is 0 Å². The van der Waals surface area contributed by atoms with Gasteiger partial charge in [0.05, 0.1) is 19.3 Å². The summed E-state index contributed by atoms with van der Waals surface area (Å²) in [7, 11) is 1.34. The van der Waals surface area contributed by atoms with Crippen LogP contribution in [0.3, 0.4) is 0 Å². The number of ether oxygens (including phenoxy) is 3. The highest BCUT2D eigenvalue weighted by atomic mass is 16.6. The van der Waals surface area contributed by atoms with Crippen molar-refractivity contribution >= 4 is 23.8 Å². The fourth-order valence-electron chi connectivity index (χ4n) is 7.29. The molecule has 2 saturated heterocycles. The van der Waals surface area contributed by atoms with Crippen molar-refractivity contribution in [3.8, 4) is 0 Å². The number of nitrogens with zero attached hydrogens (tertiary/aromatic N) is 2. The van der Waals surface area contributed by atoms with E-state index in [1.165, 1.54) is 7.11 Å². The van der Waals surface area contributed by atoms with E-state index in [0.29, 0.717) is 64.8 Å². The number of unbranched alkanes of at least 4 members (excludes halogenated alkanes) is 2. The predicted octanol–water partition coefficient (Wildman–Crippen LogP) is 5.35. The number of carboxylic acids is 1. The van der Waals surface area contributed by atoms with Crippen molar-refractivity contribution in [2.45, 2.75) is 127 Å². The number of likely N-dealkylation sites (tertiary alicyclic amines) is 2. The van der Waals surface area contributed by atoms with Crippen LogP contribution in [0.15, 0.2) is 60.7 Å². The molecule has 0 aromatic heterocycles. The number of carbonyl (C=O) groups excluding carboxylic acids is 3. The van der Waals surface area contributed by atoms with Gasteiger partial charge in [0.25, 0.3) is 0 Å². The maximum absolute atomic E-state index is 12.4. The maximum Gasteiger partial charge on any atom is 0.331 e. The van der Waals surface area contributed by atoms with E-state index in [1.807, 2.05) is 70.5 Å². The van der Waals surface area contributed by atoms with Crippen LogP contribution in [0, 0.1) is 0 Å². The molecule has 2 aromatic rings. The number of amides is 2. The Morgan fingerprint density at radius 3 is 1.55 bits per heavy atom. The van der Waals surface area contributed by atoms with E-state index in [9.17, 15) is 29.4 Å². The van der Waals surface area contributed by atoms with Crippen LogP contribution in [0.1, 0.15) is 101 Å². The Morgan fingerprint density at radius 1 is 0.691 bits per heavy atom. The monoisotopic (exact) mass is 768 g/mol. The Bertz CT molecular complexity index is 1380. The SMILES string of the molecule is COC(=O)COCCCCN1C(=O)CCC[C@@H]1CCC(O)Cc1ccccc1.O=C(O)COCCCCN1C(=O)CCC[C@@H]1CCC(O)Cc1ccccc1. The van der Waals surface area contributed by atoms with Gasteiger partial charge in [-0.15, -0.1) is 0 Å². The number of piperidine rings is 2. The smallest absolute Gasteiger partial charge is 0.331 e. The lowest BCUT2D eigenvalue weighted by atomic mass is 9.94. The molecule has 2 aliphatic heterocycles. The molecule has 0 bridgehead atoms. The number of aliphatic hydroxyl groups excluding tert-OH is 2. The first-order valence-electron chi connectivity index (χ1n) is 20.1. The average molecular weight is 769 g/mol. The summed E-state index contributed by atoms with van der Waals surface area (Å²) < 4.78 is 14.8. The zero-order valence-electron chi connectivity index (χ0n) is 32.7. The van der Waals surface area contributed by atoms with Crippen LogP contribution in [0.5, 0.6) is 0 Å². The Morgan fingerprint density at radius 2 is 1.13 bits per heavy atom. The van der Waals surface area contributed by atoms with Crippen molar-refractivity contribution < 1.29 is 48.7 Å². The number of hydrogen-bond donors (Lipinski definition) is 3. The van der Waals surface area contributed by atoms with Crippen molar-refractivity contribution in [3.05, 3.63) is 71.8 Å². The first kappa shape index (κ1) is 45.5. The molecule has 12 heteroatoms. The van der Waals surface area contributed by atoms with Crippen LogP contribution in [0.4, 0.5) is 0 Å². The molecule has 12 nitrogen and oxygen atoms in total. The Labute approximate surface area is 327 Å². The molecule has 0 radical (unpaired) electrons. The lowest BCUT2D eigenvalue weighted by Crippen LogP contribution is -2.44. The van der Waals surface area contributed by atoms with Gasteiger partial charge in [-0.3, -0.25) is 9.59 Å². The molecule has 4 atom stereocenters. The van der Waals surface area contributed by atoms with Crippen LogP contribution in [0.25, 0.3) is 0 Å². The number of carbonyl (C=O) groups is 4. The standard InChI is InChI=1S/C22H33NO5.C21H31NO5/c1-27-22(26)17-28-15-6-5-14-23-19(10-7-11-21(23)25)12-13-20(24)16-18-8-3-2-4-9-18;23-19(15-17-7-2-1-3-8-17)12-11-18-9-6-10-20(24)22(18)13-4-5-14-27-16-21(25)26/h2-4,8-9,19-20,24H,5-7,10-17H2,1H3;1-3,7-8,18-19,23H,4-6,9-16H2,(H,25,26)/t19-,20?;18-,19?/m11/s1. The molecule has 2 amide bonds. The topological polar surface area (TPSA) is 163 Å². The molecule has 2 unspecified atom stereocenters. The highest BCUT2D eigenvalue weighted by Gasteiger charge is 2.29. The van der Waals surface area contributed by atoms with Crippen LogP contribution in [-0.4, -0.2) is 120 Å². The molecule has 0 saturated carbocycles. The molecular weight excluding hydrogens is 704 g/mol. The minimum Gasteiger partial charge on any atom is -0.480 e. The second-order valence-corrected chi connectivity index (χ2v) is 14.6. The largest absolute Gasteiger partial charge is 0.480 e. The zero-order chi connectivity index (χ0) is 39.7. The van der Waals surface area contributed by atoms with E-state index in [2.05, 4.69) is 4.74 Å². The molecule has 4 rings (SSSR count). The third-order valence-electron chi connectivity index (χ3n) is 10.2. The zero-order valence-corrected chi connectivity index (χ0v) is 32.7. The van der Waals surface area contributed by atoms with E-state index >= 15 is 0 Å². The summed E-state index contributed by atoms with van der Waals surface area (Å²) in [5.41, 5.74) is 2.27. The number of benzene rings is 2. The van der Waals surface area contributed by atoms with Crippen molar-refractivity contribution in [1.29, 1.82) is 0 Å². The third kappa shape index (κ3) is 19.0. The van der Waals surface area contributed by atoms with E-state index in [1.54, 1.807) is 0 Å². The quantitative estimate of drug-likeness (QED) is 0.0937. The van der Waals surface area contributed by atoms with E-state index < -0.39 is 12.1 Å². The fourth-order valence-corrected chi connectivity index (χ4v) is 7.29. The van der Waals surface area contributed by atoms with E-state index in [-0.39, 0.29) is 49.2 Å². The van der Waals surface area contributed by atoms with Gasteiger partial charge >= 0.3 is 11.9 Å². The summed E-state index contributed by atoms with van der Waals surface area (Å²) in [4.78, 5) is 50.0. The van der Waals surface area contributed by atoms with Gasteiger partial charge in [0.1, 0.15) is 13.2 Å². The van der Waals surface area contributed by atoms with Gasteiger partial charge in [0, 0.05) is 51.2 Å². The Balaban J connectivity index is 0.000000296. The maximum atomic E-state index is 12.4. The van der Waals surface area contributed by atoms with E-state index in [4.69, 9.17) is 14.6 Å². The molecule has 306 valence electrons. The second-order valence-electron chi connectivity index (χ2n) is 14.6. The highest BCUT2D eigenvalue weighted by molar-refractivity contribution is 5.77. The third-order valence-corrected chi connectivity index (χ3v) is 10.2. The number of esters is 1. The summed E-state index contributed by atoms with van der Waals surface area (Å²) in [6.07, 6.45) is 11.8. The summed E-state index contributed by atoms with van der Waals surface area (Å²) in [5.74, 6) is -0.935. The van der Waals surface area contributed by atoms with Crippen LogP contribution >= 0.6 is 0 Å². The van der Waals surface area contributed by atoms with Crippen LogP contribution in [0.2, 0.25) is 0 Å². The number of aliphatic hydroxyl groups is 2. The van der Waals surface area contributed by atoms with Crippen LogP contribution in [-0.2, 0) is 46.2 Å². The van der Waals surface area contributed by atoms with Crippen molar-refractivity contribution in [2.24, 2.45) is 0 Å². The lowest BCUT2D eigenvalue weighted by Gasteiger charge is -2.36. The summed E-state index contributed by atoms with van der Waals surface area (Å²) in [6.45, 7) is 1.96.